The Labute approximate surface area is 120 Å². The molecule has 0 unspecified atom stereocenters. The molecule has 1 aromatic carbocycles. The zero-order valence-corrected chi connectivity index (χ0v) is 11.4. The number of non-ortho nitro benzene ring substituents is 1. The molecule has 1 heterocycles. The maximum Gasteiger partial charge on any atom is 0.271 e. The highest BCUT2D eigenvalue weighted by atomic mass is 35.5. The molecule has 1 aliphatic rings. The molecule has 0 bridgehead atoms. The minimum atomic E-state index is -0.536. The number of halogens is 1. The Morgan fingerprint density at radius 2 is 2.15 bits per heavy atom. The summed E-state index contributed by atoms with van der Waals surface area (Å²) >= 11 is 5.91. The largest absolute Gasteiger partial charge is 0.379 e. The number of nitrogens with one attached hydrogen (secondary N) is 1. The second-order valence-corrected chi connectivity index (χ2v) is 4.77. The maximum atomic E-state index is 11.9. The van der Waals surface area contributed by atoms with E-state index in [0.717, 1.165) is 0 Å². The lowest BCUT2D eigenvalue weighted by Crippen LogP contribution is -2.41. The van der Waals surface area contributed by atoms with E-state index >= 15 is 0 Å². The molecule has 0 aliphatic carbocycles. The van der Waals surface area contributed by atoms with Crippen molar-refractivity contribution in [2.24, 2.45) is 0 Å². The number of nitro benzene ring substituents is 1. The van der Waals surface area contributed by atoms with Gasteiger partial charge in [-0.25, -0.2) is 0 Å². The van der Waals surface area contributed by atoms with Crippen molar-refractivity contribution in [2.75, 3.05) is 38.2 Å². The Bertz CT molecular complexity index is 517. The van der Waals surface area contributed by atoms with Crippen LogP contribution >= 0.6 is 11.6 Å². The van der Waals surface area contributed by atoms with Gasteiger partial charge in [0.25, 0.3) is 5.69 Å². The molecule has 7 nitrogen and oxygen atoms in total. The summed E-state index contributed by atoms with van der Waals surface area (Å²) in [6.45, 7) is 2.90. The fraction of sp³-hybridized carbons (Fsp3) is 0.417. The van der Waals surface area contributed by atoms with Crippen LogP contribution in [0.1, 0.15) is 0 Å². The number of carbonyl (C=O) groups excluding carboxylic acids is 1. The molecule has 1 aromatic rings. The Morgan fingerprint density at radius 3 is 2.75 bits per heavy atom. The number of anilines is 1. The number of hydrogen-bond acceptors (Lipinski definition) is 5. The number of hydrogen-bond donors (Lipinski definition) is 1. The van der Waals surface area contributed by atoms with Gasteiger partial charge in [-0.3, -0.25) is 19.8 Å². The lowest BCUT2D eigenvalue weighted by atomic mass is 10.2. The van der Waals surface area contributed by atoms with E-state index in [4.69, 9.17) is 16.3 Å². The zero-order chi connectivity index (χ0) is 14.5. The SMILES string of the molecule is O=C(CN1CCOCC1)Nc1ccc([N+](=O)[O-])cc1Cl. The van der Waals surface area contributed by atoms with Crippen molar-refractivity contribution in [2.45, 2.75) is 0 Å². The Kier molecular flexibility index (Phi) is 4.89. The molecule has 0 atom stereocenters. The molecule has 1 amide bonds. The summed E-state index contributed by atoms with van der Waals surface area (Å²) in [4.78, 5) is 23.9. The number of nitrogens with zero attached hydrogens (tertiary/aromatic N) is 2. The van der Waals surface area contributed by atoms with Gasteiger partial charge in [-0.15, -0.1) is 0 Å². The Hall–Kier alpha value is -1.70. The van der Waals surface area contributed by atoms with Crippen molar-refractivity contribution < 1.29 is 14.5 Å². The molecule has 1 saturated heterocycles. The summed E-state index contributed by atoms with van der Waals surface area (Å²) in [5, 5.41) is 13.4. The summed E-state index contributed by atoms with van der Waals surface area (Å²) in [6, 6.07) is 3.94. The molecule has 20 heavy (non-hydrogen) atoms. The molecule has 2 rings (SSSR count). The molecule has 1 fully saturated rings. The van der Waals surface area contributed by atoms with Crippen molar-refractivity contribution >= 4 is 28.9 Å². The number of ether oxygens (including phenoxy) is 1. The number of carbonyl (C=O) groups is 1. The second-order valence-electron chi connectivity index (χ2n) is 4.36. The molecule has 0 radical (unpaired) electrons. The summed E-state index contributed by atoms with van der Waals surface area (Å²) in [6.07, 6.45) is 0. The van der Waals surface area contributed by atoms with Gasteiger partial charge in [0.1, 0.15) is 0 Å². The van der Waals surface area contributed by atoms with Crippen LogP contribution in [0.5, 0.6) is 0 Å². The van der Waals surface area contributed by atoms with E-state index in [-0.39, 0.29) is 23.2 Å². The smallest absolute Gasteiger partial charge is 0.271 e. The number of nitro groups is 1. The van der Waals surface area contributed by atoms with Gasteiger partial charge in [-0.1, -0.05) is 11.6 Å². The lowest BCUT2D eigenvalue weighted by Gasteiger charge is -2.25. The molecule has 1 N–H and O–H groups in total. The monoisotopic (exact) mass is 299 g/mol. The van der Waals surface area contributed by atoms with Crippen molar-refractivity contribution in [3.8, 4) is 0 Å². The van der Waals surface area contributed by atoms with E-state index in [1.807, 2.05) is 4.90 Å². The minimum Gasteiger partial charge on any atom is -0.379 e. The lowest BCUT2D eigenvalue weighted by molar-refractivity contribution is -0.384. The number of amides is 1. The molecule has 1 aliphatic heterocycles. The van der Waals surface area contributed by atoms with Crippen LogP contribution in [0, 0.1) is 10.1 Å². The van der Waals surface area contributed by atoms with Gasteiger partial charge >= 0.3 is 0 Å². The van der Waals surface area contributed by atoms with Gasteiger partial charge in [0.15, 0.2) is 0 Å². The predicted molar refractivity (Wildman–Crippen MR) is 74.0 cm³/mol. The molecule has 0 aromatic heterocycles. The first-order valence-electron chi connectivity index (χ1n) is 6.10. The average Bonchev–Trinajstić information content (AvgIpc) is 2.42. The van der Waals surface area contributed by atoms with Crippen LogP contribution in [0.25, 0.3) is 0 Å². The van der Waals surface area contributed by atoms with E-state index in [2.05, 4.69) is 5.32 Å². The number of morpholine rings is 1. The minimum absolute atomic E-state index is 0.110. The first kappa shape index (κ1) is 14.7. The first-order chi connectivity index (χ1) is 9.56. The van der Waals surface area contributed by atoms with Gasteiger partial charge in [-0.2, -0.15) is 0 Å². The van der Waals surface area contributed by atoms with Crippen LogP contribution in [-0.2, 0) is 9.53 Å². The van der Waals surface area contributed by atoms with Crippen LogP contribution in [-0.4, -0.2) is 48.6 Å². The Balaban J connectivity index is 1.95. The van der Waals surface area contributed by atoms with Crippen LogP contribution in [0.4, 0.5) is 11.4 Å². The van der Waals surface area contributed by atoms with Gasteiger partial charge in [-0.05, 0) is 6.07 Å². The summed E-state index contributed by atoms with van der Waals surface area (Å²) < 4.78 is 5.20. The number of rotatable bonds is 4. The molecule has 8 heteroatoms. The summed E-state index contributed by atoms with van der Waals surface area (Å²) in [5.74, 6) is -0.206. The highest BCUT2D eigenvalue weighted by molar-refractivity contribution is 6.34. The van der Waals surface area contributed by atoms with Gasteiger partial charge in [0.05, 0.1) is 35.4 Å². The van der Waals surface area contributed by atoms with Crippen molar-refractivity contribution in [1.29, 1.82) is 0 Å². The molecular formula is C12H14ClN3O4. The topological polar surface area (TPSA) is 84.7 Å². The van der Waals surface area contributed by atoms with Crippen LogP contribution in [0.3, 0.4) is 0 Å². The van der Waals surface area contributed by atoms with Crippen molar-refractivity contribution in [3.05, 3.63) is 33.3 Å². The zero-order valence-electron chi connectivity index (χ0n) is 10.7. The fourth-order valence-electron chi connectivity index (χ4n) is 1.87. The van der Waals surface area contributed by atoms with Gasteiger partial charge in [0.2, 0.25) is 5.91 Å². The van der Waals surface area contributed by atoms with Crippen molar-refractivity contribution in [1.82, 2.24) is 4.90 Å². The normalized spacial score (nSPS) is 15.8. The predicted octanol–water partition coefficient (Wildman–Crippen LogP) is 1.52. The molecule has 0 spiro atoms. The van der Waals surface area contributed by atoms with Crippen LogP contribution in [0.15, 0.2) is 18.2 Å². The van der Waals surface area contributed by atoms with Crippen LogP contribution < -0.4 is 5.32 Å². The second kappa shape index (κ2) is 6.65. The maximum absolute atomic E-state index is 11.9. The van der Waals surface area contributed by atoms with E-state index in [1.54, 1.807) is 0 Å². The third kappa shape index (κ3) is 3.89. The fourth-order valence-corrected chi connectivity index (χ4v) is 2.09. The third-order valence-electron chi connectivity index (χ3n) is 2.91. The molecular weight excluding hydrogens is 286 g/mol. The Morgan fingerprint density at radius 1 is 1.45 bits per heavy atom. The van der Waals surface area contributed by atoms with Gasteiger partial charge < -0.3 is 10.1 Å². The average molecular weight is 300 g/mol. The number of benzene rings is 1. The summed E-state index contributed by atoms with van der Waals surface area (Å²) in [5.41, 5.74) is 0.261. The highest BCUT2D eigenvalue weighted by Gasteiger charge is 2.16. The van der Waals surface area contributed by atoms with Crippen LogP contribution in [0.2, 0.25) is 5.02 Å². The quantitative estimate of drug-likeness (QED) is 0.673. The first-order valence-corrected chi connectivity index (χ1v) is 6.48. The standard InChI is InChI=1S/C12H14ClN3O4/c13-10-7-9(16(18)19)1-2-11(10)14-12(17)8-15-3-5-20-6-4-15/h1-2,7H,3-6,8H2,(H,14,17). The third-order valence-corrected chi connectivity index (χ3v) is 3.22. The van der Waals surface area contributed by atoms with Crippen molar-refractivity contribution in [3.63, 3.8) is 0 Å². The summed E-state index contributed by atoms with van der Waals surface area (Å²) in [7, 11) is 0. The van der Waals surface area contributed by atoms with E-state index in [9.17, 15) is 14.9 Å². The van der Waals surface area contributed by atoms with Gasteiger partial charge in [0, 0.05) is 25.2 Å². The van der Waals surface area contributed by atoms with E-state index in [0.29, 0.717) is 32.0 Å². The van der Waals surface area contributed by atoms with E-state index < -0.39 is 4.92 Å². The molecule has 0 saturated carbocycles. The molecule has 108 valence electrons. The highest BCUT2D eigenvalue weighted by Crippen LogP contribution is 2.26. The van der Waals surface area contributed by atoms with E-state index in [1.165, 1.54) is 18.2 Å².